The number of unbranched alkanes of at least 4 members (excludes halogenated alkanes) is 1. The molecule has 2 N–H and O–H groups in total. The third-order valence-corrected chi connectivity index (χ3v) is 6.72. The molecule has 0 aliphatic carbocycles. The number of carbonyl (C=O) groups is 2. The van der Waals surface area contributed by atoms with E-state index in [0.717, 1.165) is 38.5 Å². The molecule has 1 amide bonds. The number of hydrogen-bond acceptors (Lipinski definition) is 6. The van der Waals surface area contributed by atoms with Crippen molar-refractivity contribution in [1.29, 1.82) is 0 Å². The standard InChI is InChI=1S/C27H36N2O5/c1-4-5-13-21-18(2)34-27(32)22(14-9-12-20(21)17-19-10-7-6-8-11-19)29-26(31)24-25(30)23(33-3)15-16-28-24/h6-8,10-11,15-16,18,20-22,30H,4-5,9,12-14,17H2,1-3H3,(H,29,31)/t18-,20+,21-,22?/m0/s1. The molecule has 7 nitrogen and oxygen atoms in total. The van der Waals surface area contributed by atoms with E-state index in [1.807, 2.05) is 13.0 Å². The van der Waals surface area contributed by atoms with Crippen LogP contribution in [0.15, 0.2) is 42.6 Å². The molecule has 2 heterocycles. The topological polar surface area (TPSA) is 97.8 Å². The first-order valence-electron chi connectivity index (χ1n) is 12.2. The smallest absolute Gasteiger partial charge is 0.328 e. The Morgan fingerprint density at radius 1 is 1.24 bits per heavy atom. The molecule has 184 valence electrons. The number of esters is 1. The highest BCUT2D eigenvalue weighted by atomic mass is 16.5. The fourth-order valence-electron chi connectivity index (χ4n) is 4.86. The van der Waals surface area contributed by atoms with Crippen molar-refractivity contribution in [2.75, 3.05) is 7.11 Å². The number of nitrogens with one attached hydrogen (secondary N) is 1. The van der Waals surface area contributed by atoms with Gasteiger partial charge in [-0.1, -0.05) is 56.5 Å². The molecule has 1 aromatic carbocycles. The summed E-state index contributed by atoms with van der Waals surface area (Å²) >= 11 is 0. The zero-order valence-corrected chi connectivity index (χ0v) is 20.3. The van der Waals surface area contributed by atoms with Gasteiger partial charge in [-0.25, -0.2) is 9.78 Å². The van der Waals surface area contributed by atoms with E-state index in [-0.39, 0.29) is 29.2 Å². The van der Waals surface area contributed by atoms with Gasteiger partial charge in [-0.2, -0.15) is 0 Å². The Bertz CT molecular complexity index is 949. The van der Waals surface area contributed by atoms with Crippen LogP contribution in [0, 0.1) is 11.8 Å². The number of methoxy groups -OCH3 is 1. The van der Waals surface area contributed by atoms with Crippen LogP contribution < -0.4 is 10.1 Å². The number of carbonyl (C=O) groups excluding carboxylic acids is 2. The van der Waals surface area contributed by atoms with Crippen molar-refractivity contribution in [3.05, 3.63) is 53.9 Å². The van der Waals surface area contributed by atoms with E-state index in [1.54, 1.807) is 0 Å². The van der Waals surface area contributed by atoms with Gasteiger partial charge < -0.3 is 19.9 Å². The lowest BCUT2D eigenvalue weighted by atomic mass is 9.78. The fourth-order valence-corrected chi connectivity index (χ4v) is 4.86. The normalized spacial score (nSPS) is 23.2. The molecule has 4 atom stereocenters. The fraction of sp³-hybridized carbons (Fsp3) is 0.519. The molecule has 1 unspecified atom stereocenters. The van der Waals surface area contributed by atoms with Crippen LogP contribution in [0.5, 0.6) is 11.5 Å². The molecule has 1 aromatic heterocycles. The van der Waals surface area contributed by atoms with Crippen LogP contribution in [0.3, 0.4) is 0 Å². The van der Waals surface area contributed by atoms with Crippen LogP contribution in [-0.2, 0) is 16.0 Å². The summed E-state index contributed by atoms with van der Waals surface area (Å²) in [6.07, 6.45) is 7.43. The Morgan fingerprint density at radius 3 is 2.71 bits per heavy atom. The van der Waals surface area contributed by atoms with Crippen molar-refractivity contribution in [3.63, 3.8) is 0 Å². The lowest BCUT2D eigenvalue weighted by molar-refractivity contribution is -0.154. The van der Waals surface area contributed by atoms with Crippen molar-refractivity contribution in [2.24, 2.45) is 11.8 Å². The molecule has 2 aromatic rings. The van der Waals surface area contributed by atoms with Crippen LogP contribution in [0.2, 0.25) is 0 Å². The van der Waals surface area contributed by atoms with Crippen LogP contribution in [0.1, 0.15) is 68.4 Å². The second-order valence-electron chi connectivity index (χ2n) is 9.07. The number of ether oxygens (including phenoxy) is 2. The number of nitrogens with zero attached hydrogens (tertiary/aromatic N) is 1. The molecule has 0 saturated carbocycles. The van der Waals surface area contributed by atoms with Gasteiger partial charge in [0.15, 0.2) is 17.2 Å². The van der Waals surface area contributed by atoms with Gasteiger partial charge >= 0.3 is 5.97 Å². The van der Waals surface area contributed by atoms with Crippen molar-refractivity contribution >= 4 is 11.9 Å². The van der Waals surface area contributed by atoms with Gasteiger partial charge in [-0.3, -0.25) is 4.79 Å². The van der Waals surface area contributed by atoms with Crippen LogP contribution in [0.4, 0.5) is 0 Å². The summed E-state index contributed by atoms with van der Waals surface area (Å²) in [4.78, 5) is 29.8. The average molecular weight is 469 g/mol. The number of aromatic hydroxyl groups is 1. The largest absolute Gasteiger partial charge is 0.503 e. The Labute approximate surface area is 201 Å². The Kier molecular flexibility index (Phi) is 9.31. The number of aromatic nitrogens is 1. The third kappa shape index (κ3) is 6.49. The van der Waals surface area contributed by atoms with Gasteiger partial charge in [-0.05, 0) is 50.0 Å². The van der Waals surface area contributed by atoms with Gasteiger partial charge in [-0.15, -0.1) is 0 Å². The first kappa shape index (κ1) is 25.5. The summed E-state index contributed by atoms with van der Waals surface area (Å²) in [6.45, 7) is 4.14. The lowest BCUT2D eigenvalue weighted by Crippen LogP contribution is -2.43. The minimum Gasteiger partial charge on any atom is -0.503 e. The van der Waals surface area contributed by atoms with Crippen LogP contribution >= 0.6 is 0 Å². The summed E-state index contributed by atoms with van der Waals surface area (Å²) in [6, 6.07) is 11.1. The molecule has 1 aliphatic rings. The van der Waals surface area contributed by atoms with Crippen LogP contribution in [0.25, 0.3) is 0 Å². The molecule has 1 saturated heterocycles. The predicted molar refractivity (Wildman–Crippen MR) is 130 cm³/mol. The minimum atomic E-state index is -0.801. The van der Waals surface area contributed by atoms with Gasteiger partial charge in [0.1, 0.15) is 12.1 Å². The molecule has 0 spiro atoms. The van der Waals surface area contributed by atoms with Gasteiger partial charge in [0.05, 0.1) is 7.11 Å². The molecule has 7 heteroatoms. The number of cyclic esters (lactones) is 1. The van der Waals surface area contributed by atoms with Gasteiger partial charge in [0.2, 0.25) is 0 Å². The quantitative estimate of drug-likeness (QED) is 0.546. The molecular formula is C27H36N2O5. The summed E-state index contributed by atoms with van der Waals surface area (Å²) in [7, 11) is 1.40. The van der Waals surface area contributed by atoms with Crippen molar-refractivity contribution in [2.45, 2.75) is 70.9 Å². The summed E-state index contributed by atoms with van der Waals surface area (Å²) in [5, 5.41) is 13.0. The highest BCUT2D eigenvalue weighted by Gasteiger charge is 2.34. The lowest BCUT2D eigenvalue weighted by Gasteiger charge is -2.31. The zero-order chi connectivity index (χ0) is 24.5. The number of pyridine rings is 1. The maximum atomic E-state index is 13.0. The molecule has 34 heavy (non-hydrogen) atoms. The average Bonchev–Trinajstić information content (AvgIpc) is 2.88. The minimum absolute atomic E-state index is 0.147. The highest BCUT2D eigenvalue weighted by Crippen LogP contribution is 2.33. The zero-order valence-electron chi connectivity index (χ0n) is 20.3. The van der Waals surface area contributed by atoms with E-state index in [9.17, 15) is 14.7 Å². The van der Waals surface area contributed by atoms with E-state index in [4.69, 9.17) is 9.47 Å². The number of hydrogen-bond donors (Lipinski definition) is 2. The number of rotatable bonds is 8. The Hall–Kier alpha value is -3.09. The van der Waals surface area contributed by atoms with Crippen molar-refractivity contribution < 1.29 is 24.2 Å². The first-order chi connectivity index (χ1) is 16.4. The molecule has 0 bridgehead atoms. The molecule has 3 rings (SSSR count). The monoisotopic (exact) mass is 468 g/mol. The molecular weight excluding hydrogens is 432 g/mol. The summed E-state index contributed by atoms with van der Waals surface area (Å²) in [5.41, 5.74) is 1.11. The first-order valence-corrected chi connectivity index (χ1v) is 12.2. The van der Waals surface area contributed by atoms with E-state index in [2.05, 4.69) is 41.5 Å². The van der Waals surface area contributed by atoms with E-state index >= 15 is 0 Å². The molecule has 1 aliphatic heterocycles. The van der Waals surface area contributed by atoms with Crippen LogP contribution in [-0.4, -0.2) is 41.2 Å². The number of amides is 1. The van der Waals surface area contributed by atoms with Crippen molar-refractivity contribution in [3.8, 4) is 11.5 Å². The maximum absolute atomic E-state index is 13.0. The molecule has 0 radical (unpaired) electrons. The summed E-state index contributed by atoms with van der Waals surface area (Å²) < 4.78 is 11.0. The second kappa shape index (κ2) is 12.4. The summed E-state index contributed by atoms with van der Waals surface area (Å²) in [5.74, 6) is -0.639. The SMILES string of the molecule is CCCC[C@@H]1[C@@H](Cc2ccccc2)CCCC(NC(=O)c2nccc(OC)c2O)C(=O)O[C@H]1C. The second-order valence-corrected chi connectivity index (χ2v) is 9.07. The maximum Gasteiger partial charge on any atom is 0.328 e. The van der Waals surface area contributed by atoms with E-state index in [1.165, 1.54) is 24.9 Å². The number of benzene rings is 1. The Balaban J connectivity index is 1.76. The highest BCUT2D eigenvalue weighted by molar-refractivity contribution is 5.97. The van der Waals surface area contributed by atoms with Gasteiger partial charge in [0, 0.05) is 12.3 Å². The van der Waals surface area contributed by atoms with Gasteiger partial charge in [0.25, 0.3) is 5.91 Å². The van der Waals surface area contributed by atoms with E-state index < -0.39 is 17.9 Å². The predicted octanol–water partition coefficient (Wildman–Crippen LogP) is 4.68. The molecule has 1 fully saturated rings. The van der Waals surface area contributed by atoms with Crippen molar-refractivity contribution in [1.82, 2.24) is 10.3 Å². The third-order valence-electron chi connectivity index (χ3n) is 6.72. The van der Waals surface area contributed by atoms with E-state index in [0.29, 0.717) is 12.3 Å². The Morgan fingerprint density at radius 2 is 2.00 bits per heavy atom.